The van der Waals surface area contributed by atoms with E-state index in [0.717, 1.165) is 18.7 Å². The Morgan fingerprint density at radius 3 is 2.63 bits per heavy atom. The lowest BCUT2D eigenvalue weighted by Gasteiger charge is -2.34. The van der Waals surface area contributed by atoms with Crippen LogP contribution in [0.4, 0.5) is 0 Å². The number of carbonyl (C=O) groups is 1. The molecule has 2 rings (SSSR count). The maximum Gasteiger partial charge on any atom is 0.236 e. The van der Waals surface area contributed by atoms with E-state index in [-0.39, 0.29) is 11.8 Å². The van der Waals surface area contributed by atoms with Crippen molar-refractivity contribution in [2.75, 3.05) is 33.2 Å². The minimum absolute atomic E-state index is 0.00686. The average molecular weight is 277 g/mol. The molecule has 0 spiro atoms. The van der Waals surface area contributed by atoms with Gasteiger partial charge >= 0.3 is 0 Å². The molecule has 1 saturated heterocycles. The molecule has 1 unspecified atom stereocenters. The van der Waals surface area contributed by atoms with Gasteiger partial charge in [-0.3, -0.25) is 9.69 Å². The van der Waals surface area contributed by atoms with Crippen molar-refractivity contribution in [3.63, 3.8) is 0 Å². The molecule has 0 aliphatic carbocycles. The molecule has 5 heteroatoms. The Morgan fingerprint density at radius 2 is 2.05 bits per heavy atom. The first-order chi connectivity index (χ1) is 9.08. The summed E-state index contributed by atoms with van der Waals surface area (Å²) in [5.74, 6) is 0.161. The Bertz CT molecular complexity index is 463. The molecule has 1 aromatic carbocycles. The topological polar surface area (TPSA) is 49.6 Å². The van der Waals surface area contributed by atoms with E-state index >= 15 is 0 Å². The van der Waals surface area contributed by atoms with Crippen LogP contribution in [-0.2, 0) is 4.79 Å². The monoisotopic (exact) mass is 277 g/mol. The first kappa shape index (κ1) is 14.0. The van der Waals surface area contributed by atoms with E-state index in [1.54, 1.807) is 4.90 Å². The lowest BCUT2D eigenvalue weighted by molar-refractivity contribution is -0.134. The lowest BCUT2D eigenvalue weighted by atomic mass is 9.98. The van der Waals surface area contributed by atoms with Crippen molar-refractivity contribution >= 4 is 23.1 Å². The highest BCUT2D eigenvalue weighted by Gasteiger charge is 2.25. The maximum atomic E-state index is 11.7. The molecular formula is C14H19N3OS. The molecule has 1 aliphatic rings. The van der Waals surface area contributed by atoms with Crippen LogP contribution in [0.3, 0.4) is 0 Å². The van der Waals surface area contributed by atoms with Gasteiger partial charge in [-0.1, -0.05) is 42.5 Å². The van der Waals surface area contributed by atoms with Crippen LogP contribution in [0.1, 0.15) is 11.5 Å². The standard InChI is InChI=1S/C14H19N3OS/c1-16-7-8-17(10-13(16)18)9-12(14(15)19)11-5-3-2-4-6-11/h2-6,12H,7-10H2,1H3,(H2,15,19). The van der Waals surface area contributed by atoms with Crippen LogP contribution in [0.2, 0.25) is 0 Å². The zero-order valence-electron chi connectivity index (χ0n) is 11.1. The van der Waals surface area contributed by atoms with Crippen LogP contribution in [0.15, 0.2) is 30.3 Å². The van der Waals surface area contributed by atoms with Crippen LogP contribution in [0, 0.1) is 0 Å². The predicted molar refractivity (Wildman–Crippen MR) is 80.0 cm³/mol. The Morgan fingerprint density at radius 1 is 1.37 bits per heavy atom. The number of hydrogen-bond acceptors (Lipinski definition) is 3. The van der Waals surface area contributed by atoms with Crippen LogP contribution < -0.4 is 5.73 Å². The number of nitrogens with zero attached hydrogens (tertiary/aromatic N) is 2. The van der Waals surface area contributed by atoms with Crippen molar-refractivity contribution in [2.24, 2.45) is 5.73 Å². The largest absolute Gasteiger partial charge is 0.393 e. The summed E-state index contributed by atoms with van der Waals surface area (Å²) in [6.45, 7) is 2.78. The Labute approximate surface area is 119 Å². The van der Waals surface area contributed by atoms with Gasteiger partial charge < -0.3 is 10.6 Å². The zero-order valence-corrected chi connectivity index (χ0v) is 11.9. The third-order valence-electron chi connectivity index (χ3n) is 3.52. The second-order valence-electron chi connectivity index (χ2n) is 4.92. The molecule has 1 fully saturated rings. The quantitative estimate of drug-likeness (QED) is 0.828. The summed E-state index contributed by atoms with van der Waals surface area (Å²) in [5, 5.41) is 0. The Hall–Kier alpha value is -1.46. The van der Waals surface area contributed by atoms with Crippen molar-refractivity contribution in [1.29, 1.82) is 0 Å². The van der Waals surface area contributed by atoms with Gasteiger partial charge in [0, 0.05) is 32.6 Å². The third-order valence-corrected chi connectivity index (χ3v) is 3.81. The first-order valence-corrected chi connectivity index (χ1v) is 6.79. The predicted octanol–water partition coefficient (Wildman–Crippen LogP) is 0.830. The second kappa shape index (κ2) is 6.12. The molecular weight excluding hydrogens is 258 g/mol. The molecule has 19 heavy (non-hydrogen) atoms. The molecule has 4 nitrogen and oxygen atoms in total. The molecule has 1 amide bonds. The summed E-state index contributed by atoms with van der Waals surface area (Å²) < 4.78 is 0. The number of nitrogens with two attached hydrogens (primary N) is 1. The van der Waals surface area contributed by atoms with Gasteiger partial charge in [0.15, 0.2) is 0 Å². The number of amides is 1. The van der Waals surface area contributed by atoms with Crippen molar-refractivity contribution < 1.29 is 4.79 Å². The van der Waals surface area contributed by atoms with Gasteiger partial charge in [0.2, 0.25) is 5.91 Å². The molecule has 0 radical (unpaired) electrons. The SMILES string of the molecule is CN1CCN(CC(C(N)=S)c2ccccc2)CC1=O. The fourth-order valence-electron chi connectivity index (χ4n) is 2.27. The second-order valence-corrected chi connectivity index (χ2v) is 5.39. The number of carbonyl (C=O) groups excluding carboxylic acids is 1. The summed E-state index contributed by atoms with van der Waals surface area (Å²) in [6, 6.07) is 9.99. The van der Waals surface area contributed by atoms with Crippen LogP contribution >= 0.6 is 12.2 Å². The number of hydrogen-bond donors (Lipinski definition) is 1. The zero-order chi connectivity index (χ0) is 13.8. The molecule has 102 valence electrons. The van der Waals surface area contributed by atoms with Crippen molar-refractivity contribution in [2.45, 2.75) is 5.92 Å². The summed E-state index contributed by atoms with van der Waals surface area (Å²) in [6.07, 6.45) is 0. The molecule has 1 heterocycles. The number of benzene rings is 1. The first-order valence-electron chi connectivity index (χ1n) is 6.38. The summed E-state index contributed by atoms with van der Waals surface area (Å²) in [7, 11) is 1.84. The van der Waals surface area contributed by atoms with Crippen molar-refractivity contribution in [3.8, 4) is 0 Å². The Balaban J connectivity index is 2.06. The Kier molecular flexibility index (Phi) is 4.50. The summed E-state index contributed by atoms with van der Waals surface area (Å²) >= 11 is 5.18. The van der Waals surface area contributed by atoms with Crippen LogP contribution in [0.25, 0.3) is 0 Å². The minimum atomic E-state index is 0.00686. The molecule has 1 atom stereocenters. The highest BCUT2D eigenvalue weighted by atomic mass is 32.1. The van der Waals surface area contributed by atoms with Gasteiger partial charge in [-0.15, -0.1) is 0 Å². The van der Waals surface area contributed by atoms with E-state index in [0.29, 0.717) is 18.1 Å². The third kappa shape index (κ3) is 3.52. The normalized spacial score (nSPS) is 18.4. The van der Waals surface area contributed by atoms with E-state index in [2.05, 4.69) is 4.90 Å². The molecule has 0 aromatic heterocycles. The smallest absolute Gasteiger partial charge is 0.236 e. The van der Waals surface area contributed by atoms with E-state index in [4.69, 9.17) is 18.0 Å². The summed E-state index contributed by atoms with van der Waals surface area (Å²) in [5.41, 5.74) is 6.97. The molecule has 1 aliphatic heterocycles. The fourth-order valence-corrected chi connectivity index (χ4v) is 2.48. The van der Waals surface area contributed by atoms with Gasteiger partial charge in [0.05, 0.1) is 11.5 Å². The van der Waals surface area contributed by atoms with Crippen LogP contribution in [0.5, 0.6) is 0 Å². The van der Waals surface area contributed by atoms with E-state index < -0.39 is 0 Å². The minimum Gasteiger partial charge on any atom is -0.393 e. The molecule has 2 N–H and O–H groups in total. The number of rotatable bonds is 4. The van der Waals surface area contributed by atoms with Gasteiger partial charge in [-0.2, -0.15) is 0 Å². The molecule has 1 aromatic rings. The number of thiocarbonyl (C=S) groups is 1. The van der Waals surface area contributed by atoms with Gasteiger partial charge in [0.1, 0.15) is 0 Å². The van der Waals surface area contributed by atoms with Crippen molar-refractivity contribution in [3.05, 3.63) is 35.9 Å². The molecule has 0 saturated carbocycles. The maximum absolute atomic E-state index is 11.7. The van der Waals surface area contributed by atoms with Gasteiger partial charge in [-0.25, -0.2) is 0 Å². The highest BCUT2D eigenvalue weighted by molar-refractivity contribution is 7.80. The average Bonchev–Trinajstić information content (AvgIpc) is 2.40. The van der Waals surface area contributed by atoms with E-state index in [1.165, 1.54) is 0 Å². The van der Waals surface area contributed by atoms with Crippen molar-refractivity contribution in [1.82, 2.24) is 9.80 Å². The van der Waals surface area contributed by atoms with E-state index in [1.807, 2.05) is 37.4 Å². The highest BCUT2D eigenvalue weighted by Crippen LogP contribution is 2.18. The van der Waals surface area contributed by atoms with Gasteiger partial charge in [0.25, 0.3) is 0 Å². The molecule has 0 bridgehead atoms. The fraction of sp³-hybridized carbons (Fsp3) is 0.429. The van der Waals surface area contributed by atoms with Gasteiger partial charge in [-0.05, 0) is 5.56 Å². The number of likely N-dealkylation sites (N-methyl/N-ethyl adjacent to an activating group) is 1. The lowest BCUT2D eigenvalue weighted by Crippen LogP contribution is -2.50. The summed E-state index contributed by atoms with van der Waals surface area (Å²) in [4.78, 5) is 16.1. The van der Waals surface area contributed by atoms with Crippen LogP contribution in [-0.4, -0.2) is 53.9 Å². The number of piperazine rings is 1. The van der Waals surface area contributed by atoms with E-state index in [9.17, 15) is 4.79 Å².